The molecule has 0 aliphatic rings. The van der Waals surface area contributed by atoms with Gasteiger partial charge < -0.3 is 9.47 Å². The Morgan fingerprint density at radius 1 is 1.41 bits per heavy atom. The molecule has 4 nitrogen and oxygen atoms in total. The fourth-order valence-corrected chi connectivity index (χ4v) is 2.89. The molecule has 0 unspecified atom stereocenters. The highest BCUT2D eigenvalue weighted by atomic mass is 32.1. The van der Waals surface area contributed by atoms with Crippen LogP contribution in [0.5, 0.6) is 0 Å². The predicted octanol–water partition coefficient (Wildman–Crippen LogP) is 2.52. The summed E-state index contributed by atoms with van der Waals surface area (Å²) >= 11 is 1.54. The molecule has 0 bridgehead atoms. The molecule has 1 aromatic rings. The third-order valence-corrected chi connectivity index (χ3v) is 4.10. The molecule has 0 N–H and O–H groups in total. The number of methoxy groups -OCH3 is 2. The number of carbonyl (C=O) groups excluding carboxylic acids is 1. The zero-order valence-corrected chi connectivity index (χ0v) is 11.6. The van der Waals surface area contributed by atoms with Crippen molar-refractivity contribution in [2.45, 2.75) is 38.7 Å². The number of hydrogen-bond acceptors (Lipinski definition) is 5. The molecule has 1 aromatic heterocycles. The molecule has 96 valence electrons. The lowest BCUT2D eigenvalue weighted by atomic mass is 9.98. The van der Waals surface area contributed by atoms with E-state index in [0.29, 0.717) is 0 Å². The highest BCUT2D eigenvalue weighted by Gasteiger charge is 2.31. The van der Waals surface area contributed by atoms with Gasteiger partial charge in [0.15, 0.2) is 0 Å². The standard InChI is InChI=1S/C12H19NO3S/c1-5-12(6-2,16-4)11-13-9(8-17-11)7-10(14)15-3/h8H,5-7H2,1-4H3. The first-order valence-electron chi connectivity index (χ1n) is 5.68. The summed E-state index contributed by atoms with van der Waals surface area (Å²) in [5, 5.41) is 2.83. The van der Waals surface area contributed by atoms with Crippen molar-refractivity contribution in [2.75, 3.05) is 14.2 Å². The Morgan fingerprint density at radius 3 is 2.53 bits per heavy atom. The monoisotopic (exact) mass is 257 g/mol. The summed E-state index contributed by atoms with van der Waals surface area (Å²) in [6.45, 7) is 4.16. The van der Waals surface area contributed by atoms with Gasteiger partial charge in [-0.05, 0) is 12.8 Å². The summed E-state index contributed by atoms with van der Waals surface area (Å²) in [5.41, 5.74) is 0.430. The number of carbonyl (C=O) groups is 1. The van der Waals surface area contributed by atoms with Gasteiger partial charge in [-0.15, -0.1) is 11.3 Å². The second-order valence-corrected chi connectivity index (χ2v) is 4.66. The molecule has 0 radical (unpaired) electrons. The number of nitrogens with zero attached hydrogens (tertiary/aromatic N) is 1. The third-order valence-electron chi connectivity index (χ3n) is 3.03. The molecule has 0 spiro atoms. The van der Waals surface area contributed by atoms with E-state index < -0.39 is 0 Å². The Balaban J connectivity index is 2.89. The average Bonchev–Trinajstić information content (AvgIpc) is 2.81. The molecule has 17 heavy (non-hydrogen) atoms. The van der Waals surface area contributed by atoms with Gasteiger partial charge in [0.25, 0.3) is 0 Å². The Bertz CT molecular complexity index is 363. The zero-order chi connectivity index (χ0) is 12.9. The molecule has 1 heterocycles. The molecule has 0 atom stereocenters. The average molecular weight is 257 g/mol. The highest BCUT2D eigenvalue weighted by molar-refractivity contribution is 7.09. The minimum absolute atomic E-state index is 0.222. The van der Waals surface area contributed by atoms with Crippen molar-refractivity contribution in [1.82, 2.24) is 4.98 Å². The number of rotatable bonds is 6. The van der Waals surface area contributed by atoms with Crippen LogP contribution in [0, 0.1) is 0 Å². The maximum atomic E-state index is 11.2. The van der Waals surface area contributed by atoms with E-state index in [0.717, 1.165) is 23.5 Å². The maximum Gasteiger partial charge on any atom is 0.311 e. The van der Waals surface area contributed by atoms with E-state index in [1.807, 2.05) is 5.38 Å². The Kier molecular flexibility index (Phi) is 5.08. The number of ether oxygens (including phenoxy) is 2. The molecule has 0 fully saturated rings. The van der Waals surface area contributed by atoms with Crippen molar-refractivity contribution >= 4 is 17.3 Å². The summed E-state index contributed by atoms with van der Waals surface area (Å²) in [4.78, 5) is 15.6. The van der Waals surface area contributed by atoms with Crippen molar-refractivity contribution in [1.29, 1.82) is 0 Å². The van der Waals surface area contributed by atoms with Gasteiger partial charge in [-0.25, -0.2) is 4.98 Å². The Morgan fingerprint density at radius 2 is 2.06 bits per heavy atom. The summed E-state index contributed by atoms with van der Waals surface area (Å²) < 4.78 is 10.2. The quantitative estimate of drug-likeness (QED) is 0.735. The van der Waals surface area contributed by atoms with E-state index in [9.17, 15) is 4.79 Å². The van der Waals surface area contributed by atoms with Crippen molar-refractivity contribution in [3.05, 3.63) is 16.1 Å². The summed E-state index contributed by atoms with van der Waals surface area (Å²) in [6, 6.07) is 0. The lowest BCUT2D eigenvalue weighted by Gasteiger charge is -2.27. The van der Waals surface area contributed by atoms with Crippen LogP contribution in [-0.2, 0) is 26.3 Å². The van der Waals surface area contributed by atoms with Gasteiger partial charge in [-0.2, -0.15) is 0 Å². The van der Waals surface area contributed by atoms with E-state index in [1.54, 1.807) is 7.11 Å². The van der Waals surface area contributed by atoms with Crippen molar-refractivity contribution in [2.24, 2.45) is 0 Å². The van der Waals surface area contributed by atoms with Gasteiger partial charge in [-0.1, -0.05) is 13.8 Å². The highest BCUT2D eigenvalue weighted by Crippen LogP contribution is 2.34. The zero-order valence-electron chi connectivity index (χ0n) is 10.8. The van der Waals surface area contributed by atoms with E-state index in [1.165, 1.54) is 18.4 Å². The summed E-state index contributed by atoms with van der Waals surface area (Å²) in [6.07, 6.45) is 1.95. The fourth-order valence-electron chi connectivity index (χ4n) is 1.75. The number of aromatic nitrogens is 1. The number of esters is 1. The van der Waals surface area contributed by atoms with Gasteiger partial charge in [-0.3, -0.25) is 4.79 Å². The van der Waals surface area contributed by atoms with Crippen molar-refractivity contribution < 1.29 is 14.3 Å². The van der Waals surface area contributed by atoms with Crippen LogP contribution in [-0.4, -0.2) is 25.2 Å². The Hall–Kier alpha value is -0.940. The third kappa shape index (κ3) is 3.04. The molecule has 0 amide bonds. The normalized spacial score (nSPS) is 11.5. The van der Waals surface area contributed by atoms with E-state index in [2.05, 4.69) is 23.6 Å². The molecule has 0 saturated carbocycles. The molecular formula is C12H19NO3S. The molecule has 5 heteroatoms. The Labute approximate surface area is 106 Å². The predicted molar refractivity (Wildman–Crippen MR) is 67.1 cm³/mol. The maximum absolute atomic E-state index is 11.2. The van der Waals surface area contributed by atoms with Gasteiger partial charge in [0.1, 0.15) is 10.6 Å². The topological polar surface area (TPSA) is 48.4 Å². The van der Waals surface area contributed by atoms with Crippen LogP contribution in [0.2, 0.25) is 0 Å². The van der Waals surface area contributed by atoms with Crippen molar-refractivity contribution in [3.63, 3.8) is 0 Å². The van der Waals surface area contributed by atoms with Crippen LogP contribution in [0.25, 0.3) is 0 Å². The van der Waals surface area contributed by atoms with E-state index in [4.69, 9.17) is 4.74 Å². The smallest absolute Gasteiger partial charge is 0.311 e. The molecule has 1 rings (SSSR count). The molecule has 0 aliphatic heterocycles. The molecule has 0 aromatic carbocycles. The minimum Gasteiger partial charge on any atom is -0.469 e. The lowest BCUT2D eigenvalue weighted by Crippen LogP contribution is -2.26. The lowest BCUT2D eigenvalue weighted by molar-refractivity contribution is -0.139. The first-order chi connectivity index (χ1) is 8.11. The van der Waals surface area contributed by atoms with E-state index in [-0.39, 0.29) is 18.0 Å². The van der Waals surface area contributed by atoms with E-state index >= 15 is 0 Å². The van der Waals surface area contributed by atoms with Crippen LogP contribution in [0.15, 0.2) is 5.38 Å². The minimum atomic E-state index is -0.320. The second-order valence-electron chi connectivity index (χ2n) is 3.80. The van der Waals surface area contributed by atoms with Gasteiger partial charge >= 0.3 is 5.97 Å². The van der Waals surface area contributed by atoms with Gasteiger partial charge in [0.2, 0.25) is 0 Å². The molecular weight excluding hydrogens is 238 g/mol. The summed E-state index contributed by atoms with van der Waals surface area (Å²) in [5.74, 6) is -0.266. The number of thiazole rings is 1. The molecule has 0 saturated heterocycles. The SMILES string of the molecule is CCC(CC)(OC)c1nc(CC(=O)OC)cs1. The van der Waals surface area contributed by atoms with Crippen LogP contribution in [0.4, 0.5) is 0 Å². The number of hydrogen-bond donors (Lipinski definition) is 0. The molecule has 0 aliphatic carbocycles. The van der Waals surface area contributed by atoms with Crippen LogP contribution in [0.3, 0.4) is 0 Å². The van der Waals surface area contributed by atoms with Crippen LogP contribution < -0.4 is 0 Å². The summed E-state index contributed by atoms with van der Waals surface area (Å²) in [7, 11) is 3.08. The second kappa shape index (κ2) is 6.12. The van der Waals surface area contributed by atoms with Crippen LogP contribution in [0.1, 0.15) is 37.4 Å². The first-order valence-corrected chi connectivity index (χ1v) is 6.56. The first kappa shape index (κ1) is 14.1. The van der Waals surface area contributed by atoms with Gasteiger partial charge in [0, 0.05) is 12.5 Å². The van der Waals surface area contributed by atoms with Crippen molar-refractivity contribution in [3.8, 4) is 0 Å². The van der Waals surface area contributed by atoms with Crippen LogP contribution >= 0.6 is 11.3 Å². The van der Waals surface area contributed by atoms with Gasteiger partial charge in [0.05, 0.1) is 19.2 Å². The largest absolute Gasteiger partial charge is 0.469 e. The fraction of sp³-hybridized carbons (Fsp3) is 0.667.